The van der Waals surface area contributed by atoms with E-state index >= 15 is 0 Å². The number of likely N-dealkylation sites (tertiary alicyclic amines) is 1. The number of nitrogens with zero attached hydrogens (tertiary/aromatic N) is 2. The van der Waals surface area contributed by atoms with Gasteiger partial charge in [-0.15, -0.1) is 24.8 Å². The van der Waals surface area contributed by atoms with Crippen molar-refractivity contribution in [1.29, 1.82) is 5.41 Å². The van der Waals surface area contributed by atoms with Gasteiger partial charge in [0, 0.05) is 27.9 Å². The summed E-state index contributed by atoms with van der Waals surface area (Å²) in [7, 11) is 0. The fourth-order valence-corrected chi connectivity index (χ4v) is 5.10. The molecule has 7 heteroatoms. The van der Waals surface area contributed by atoms with E-state index in [2.05, 4.69) is 53.1 Å². The average Bonchev–Trinajstić information content (AvgIpc) is 3.18. The molecule has 0 amide bonds. The fraction of sp³-hybridized carbons (Fsp3) is 0.409. The predicted octanol–water partition coefficient (Wildman–Crippen LogP) is 5.98. The highest BCUT2D eigenvalue weighted by Crippen LogP contribution is 2.49. The summed E-state index contributed by atoms with van der Waals surface area (Å²) in [5, 5.41) is 8.19. The second-order valence-electron chi connectivity index (χ2n) is 7.24. The SMILES string of the molecule is CCOC(=N)c1ccc2c(c1)N(C(C)CN1CCCC1)c1ccccc1S2.Cl.Cl. The van der Waals surface area contributed by atoms with Crippen molar-refractivity contribution in [3.8, 4) is 0 Å². The lowest BCUT2D eigenvalue weighted by molar-refractivity contribution is 0.319. The molecule has 1 fully saturated rings. The first kappa shape index (κ1) is 23.9. The lowest BCUT2D eigenvalue weighted by atomic mass is 10.1. The zero-order valence-electron chi connectivity index (χ0n) is 16.9. The van der Waals surface area contributed by atoms with Gasteiger partial charge in [0.1, 0.15) is 0 Å². The highest BCUT2D eigenvalue weighted by atomic mass is 35.5. The van der Waals surface area contributed by atoms with E-state index in [0.717, 1.165) is 12.1 Å². The molecule has 29 heavy (non-hydrogen) atoms. The number of hydrogen-bond donors (Lipinski definition) is 1. The van der Waals surface area contributed by atoms with Crippen molar-refractivity contribution in [3.05, 3.63) is 48.0 Å². The van der Waals surface area contributed by atoms with Crippen molar-refractivity contribution in [1.82, 2.24) is 4.90 Å². The number of anilines is 2. The Labute approximate surface area is 190 Å². The average molecular weight is 454 g/mol. The van der Waals surface area contributed by atoms with Crippen LogP contribution in [-0.2, 0) is 4.74 Å². The van der Waals surface area contributed by atoms with Gasteiger partial charge < -0.3 is 14.5 Å². The molecule has 4 nitrogen and oxygen atoms in total. The molecule has 0 spiro atoms. The number of fused-ring (bicyclic) bond motifs is 2. The third kappa shape index (κ3) is 5.02. The van der Waals surface area contributed by atoms with Gasteiger partial charge in [-0.05, 0) is 70.1 Å². The van der Waals surface area contributed by atoms with Gasteiger partial charge in [-0.2, -0.15) is 0 Å². The monoisotopic (exact) mass is 453 g/mol. The highest BCUT2D eigenvalue weighted by Gasteiger charge is 2.29. The molecule has 0 aliphatic carbocycles. The Kier molecular flexibility index (Phi) is 8.71. The van der Waals surface area contributed by atoms with Crippen LogP contribution in [0.4, 0.5) is 11.4 Å². The van der Waals surface area contributed by atoms with Crippen molar-refractivity contribution in [2.45, 2.75) is 42.5 Å². The number of halogens is 2. The van der Waals surface area contributed by atoms with E-state index in [4.69, 9.17) is 10.1 Å². The molecule has 158 valence electrons. The maximum atomic E-state index is 8.19. The van der Waals surface area contributed by atoms with E-state index < -0.39 is 0 Å². The molecule has 0 aromatic heterocycles. The van der Waals surface area contributed by atoms with Crippen LogP contribution in [0.3, 0.4) is 0 Å². The van der Waals surface area contributed by atoms with Gasteiger partial charge in [-0.3, -0.25) is 5.41 Å². The van der Waals surface area contributed by atoms with Crippen LogP contribution in [0, 0.1) is 5.41 Å². The number of nitrogens with one attached hydrogen (secondary N) is 1. The zero-order valence-corrected chi connectivity index (χ0v) is 19.3. The largest absolute Gasteiger partial charge is 0.478 e. The molecule has 1 N–H and O–H groups in total. The van der Waals surface area contributed by atoms with Gasteiger partial charge in [-0.25, -0.2) is 0 Å². The van der Waals surface area contributed by atoms with E-state index in [0.29, 0.717) is 12.6 Å². The summed E-state index contributed by atoms with van der Waals surface area (Å²) in [6.45, 7) is 8.22. The van der Waals surface area contributed by atoms with Crippen LogP contribution < -0.4 is 4.90 Å². The Morgan fingerprint density at radius 3 is 2.48 bits per heavy atom. The Bertz CT molecular complexity index is 843. The molecule has 2 aliphatic rings. The summed E-state index contributed by atoms with van der Waals surface area (Å²) in [6, 6.07) is 15.3. The Balaban J connectivity index is 0.00000150. The van der Waals surface area contributed by atoms with E-state index in [9.17, 15) is 0 Å². The van der Waals surface area contributed by atoms with Gasteiger partial charge in [0.05, 0.1) is 18.0 Å². The first-order valence-corrected chi connectivity index (χ1v) is 10.6. The van der Waals surface area contributed by atoms with E-state index in [1.165, 1.54) is 47.1 Å². The summed E-state index contributed by atoms with van der Waals surface area (Å²) in [5.74, 6) is 0.247. The van der Waals surface area contributed by atoms with Crippen LogP contribution in [-0.4, -0.2) is 43.1 Å². The molecular weight excluding hydrogens is 425 g/mol. The van der Waals surface area contributed by atoms with E-state index in [-0.39, 0.29) is 30.7 Å². The molecule has 4 rings (SSSR count). The molecule has 2 aromatic rings. The van der Waals surface area contributed by atoms with Gasteiger partial charge >= 0.3 is 0 Å². The standard InChI is InChI=1S/C22H27N3OS.2ClH/c1-3-26-22(23)17-10-11-21-19(14-17)25(16(2)15-24-12-6-7-13-24)18-8-4-5-9-20(18)27-21;;/h4-5,8-11,14,16,23H,3,6-7,12-13,15H2,1-2H3;2*1H. The lowest BCUT2D eigenvalue weighted by Crippen LogP contribution is -2.40. The molecular formula is C22H29Cl2N3OS. The minimum Gasteiger partial charge on any atom is -0.478 e. The van der Waals surface area contributed by atoms with Crippen molar-refractivity contribution in [3.63, 3.8) is 0 Å². The number of benzene rings is 2. The second kappa shape index (κ2) is 10.6. The molecule has 2 heterocycles. The minimum absolute atomic E-state index is 0. The lowest BCUT2D eigenvalue weighted by Gasteiger charge is -2.39. The Morgan fingerprint density at radius 2 is 1.76 bits per heavy atom. The van der Waals surface area contributed by atoms with Gasteiger partial charge in [0.15, 0.2) is 0 Å². The van der Waals surface area contributed by atoms with Crippen molar-refractivity contribution >= 4 is 53.8 Å². The summed E-state index contributed by atoms with van der Waals surface area (Å²) in [4.78, 5) is 7.57. The maximum absolute atomic E-state index is 8.19. The number of rotatable bonds is 5. The van der Waals surface area contributed by atoms with Gasteiger partial charge in [0.2, 0.25) is 5.90 Å². The van der Waals surface area contributed by atoms with Crippen molar-refractivity contribution < 1.29 is 4.74 Å². The summed E-state index contributed by atoms with van der Waals surface area (Å²) in [6.07, 6.45) is 2.62. The quantitative estimate of drug-likeness (QED) is 0.446. The Hall–Kier alpha value is -1.40. The van der Waals surface area contributed by atoms with Crippen LogP contribution in [0.5, 0.6) is 0 Å². The van der Waals surface area contributed by atoms with Gasteiger partial charge in [-0.1, -0.05) is 23.9 Å². The third-order valence-corrected chi connectivity index (χ3v) is 6.41. The van der Waals surface area contributed by atoms with Gasteiger partial charge in [0.25, 0.3) is 0 Å². The van der Waals surface area contributed by atoms with E-state index in [1.807, 2.05) is 24.8 Å². The predicted molar refractivity (Wildman–Crippen MR) is 127 cm³/mol. The number of ether oxygens (including phenoxy) is 1. The Morgan fingerprint density at radius 1 is 1.07 bits per heavy atom. The van der Waals surface area contributed by atoms with Crippen molar-refractivity contribution in [2.75, 3.05) is 31.1 Å². The summed E-state index contributed by atoms with van der Waals surface area (Å²) in [5.41, 5.74) is 3.29. The van der Waals surface area contributed by atoms with Crippen LogP contribution in [0.2, 0.25) is 0 Å². The third-order valence-electron chi connectivity index (χ3n) is 5.28. The summed E-state index contributed by atoms with van der Waals surface area (Å²) < 4.78 is 5.44. The molecule has 1 saturated heterocycles. The highest BCUT2D eigenvalue weighted by molar-refractivity contribution is 7.99. The van der Waals surface area contributed by atoms with E-state index in [1.54, 1.807) is 0 Å². The minimum atomic E-state index is 0. The first-order chi connectivity index (χ1) is 13.2. The van der Waals surface area contributed by atoms with Crippen LogP contribution in [0.25, 0.3) is 0 Å². The first-order valence-electron chi connectivity index (χ1n) is 9.81. The normalized spacial score (nSPS) is 16.1. The number of hydrogen-bond acceptors (Lipinski definition) is 5. The van der Waals surface area contributed by atoms with Crippen LogP contribution in [0.1, 0.15) is 32.3 Å². The summed E-state index contributed by atoms with van der Waals surface area (Å²) >= 11 is 1.81. The zero-order chi connectivity index (χ0) is 18.8. The molecule has 0 saturated carbocycles. The van der Waals surface area contributed by atoms with Crippen molar-refractivity contribution in [2.24, 2.45) is 0 Å². The smallest absolute Gasteiger partial charge is 0.213 e. The molecule has 1 atom stereocenters. The second-order valence-corrected chi connectivity index (χ2v) is 8.32. The van der Waals surface area contributed by atoms with Crippen LogP contribution in [0.15, 0.2) is 52.3 Å². The molecule has 0 radical (unpaired) electrons. The molecule has 2 aromatic carbocycles. The topological polar surface area (TPSA) is 39.6 Å². The fourth-order valence-electron chi connectivity index (χ4n) is 4.05. The molecule has 0 bridgehead atoms. The molecule has 1 unspecified atom stereocenters. The molecule has 2 aliphatic heterocycles. The number of para-hydroxylation sites is 1. The van der Waals surface area contributed by atoms with Crippen LogP contribution >= 0.6 is 36.6 Å². The maximum Gasteiger partial charge on any atom is 0.213 e.